The molecule has 0 radical (unpaired) electrons. The zero-order chi connectivity index (χ0) is 20.3. The predicted octanol–water partition coefficient (Wildman–Crippen LogP) is 3.56. The smallest absolute Gasteiger partial charge is 0.225 e. The van der Waals surface area contributed by atoms with Gasteiger partial charge in [0.25, 0.3) is 0 Å². The Morgan fingerprint density at radius 2 is 1.96 bits per heavy atom. The van der Waals surface area contributed by atoms with Crippen LogP contribution in [0.1, 0.15) is 49.8 Å². The van der Waals surface area contributed by atoms with Gasteiger partial charge < -0.3 is 10.4 Å². The molecule has 2 aromatic carbocycles. The summed E-state index contributed by atoms with van der Waals surface area (Å²) in [6.45, 7) is 6.45. The Hall–Kier alpha value is -2.86. The number of hydroxylamine groups is 2. The van der Waals surface area contributed by atoms with Crippen molar-refractivity contribution in [1.82, 2.24) is 10.4 Å². The lowest BCUT2D eigenvalue weighted by Gasteiger charge is -2.21. The molecular weight excluding hydrogens is 354 g/mol. The van der Waals surface area contributed by atoms with E-state index in [2.05, 4.69) is 36.3 Å². The third-order valence-corrected chi connectivity index (χ3v) is 4.70. The van der Waals surface area contributed by atoms with Gasteiger partial charge in [-0.15, -0.1) is 0 Å². The second kappa shape index (κ2) is 8.02. The summed E-state index contributed by atoms with van der Waals surface area (Å²) in [5, 5.41) is 14.0. The van der Waals surface area contributed by atoms with Crippen molar-refractivity contribution in [3.63, 3.8) is 0 Å². The lowest BCUT2D eigenvalue weighted by Crippen LogP contribution is -2.35. The molecule has 2 aromatic rings. The highest BCUT2D eigenvalue weighted by atomic mass is 16.7. The van der Waals surface area contributed by atoms with Gasteiger partial charge in [-0.2, -0.15) is 0 Å². The van der Waals surface area contributed by atoms with E-state index in [4.69, 9.17) is 4.84 Å². The third kappa shape index (κ3) is 4.70. The van der Waals surface area contributed by atoms with E-state index in [0.29, 0.717) is 18.3 Å². The Morgan fingerprint density at radius 1 is 1.25 bits per heavy atom. The van der Waals surface area contributed by atoms with Crippen LogP contribution in [0.25, 0.3) is 0 Å². The topological polar surface area (TPSA) is 74.2 Å². The van der Waals surface area contributed by atoms with Crippen LogP contribution >= 0.6 is 0 Å². The van der Waals surface area contributed by atoms with Gasteiger partial charge in [0.1, 0.15) is 5.75 Å². The van der Waals surface area contributed by atoms with E-state index in [1.807, 2.05) is 18.2 Å². The number of carbonyl (C=O) groups is 1. The number of benzene rings is 2. The summed E-state index contributed by atoms with van der Waals surface area (Å²) in [6.07, 6.45) is 0.101. The normalized spacial score (nSPS) is 19.0. The first kappa shape index (κ1) is 19.9. The van der Waals surface area contributed by atoms with Crippen molar-refractivity contribution in [3.05, 3.63) is 65.2 Å². The monoisotopic (exact) mass is 381 g/mol. The number of rotatable bonds is 6. The van der Waals surface area contributed by atoms with Gasteiger partial charge in [-0.3, -0.25) is 4.79 Å². The van der Waals surface area contributed by atoms with Gasteiger partial charge in [0.05, 0.1) is 6.42 Å². The molecular formula is C22H27N3O3. The lowest BCUT2D eigenvalue weighted by molar-refractivity contribution is -0.166. The first-order chi connectivity index (χ1) is 13.3. The van der Waals surface area contributed by atoms with Crippen LogP contribution < -0.4 is 5.32 Å². The summed E-state index contributed by atoms with van der Waals surface area (Å²) in [7, 11) is 1.80. The van der Waals surface area contributed by atoms with Gasteiger partial charge >= 0.3 is 0 Å². The maximum atomic E-state index is 12.4. The van der Waals surface area contributed by atoms with E-state index in [1.165, 1.54) is 5.56 Å². The quantitative estimate of drug-likeness (QED) is 0.802. The molecule has 0 saturated heterocycles. The van der Waals surface area contributed by atoms with E-state index >= 15 is 0 Å². The first-order valence-corrected chi connectivity index (χ1v) is 9.43. The molecule has 1 amide bonds. The van der Waals surface area contributed by atoms with Crippen molar-refractivity contribution in [2.24, 2.45) is 4.99 Å². The average molecular weight is 381 g/mol. The third-order valence-electron chi connectivity index (χ3n) is 4.70. The van der Waals surface area contributed by atoms with Crippen LogP contribution in [0.5, 0.6) is 5.75 Å². The number of nitrogens with zero attached hydrogens (tertiary/aromatic N) is 2. The highest BCUT2D eigenvalue weighted by molar-refractivity contribution is 5.99. The van der Waals surface area contributed by atoms with Gasteiger partial charge in [0, 0.05) is 19.2 Å². The molecule has 1 aliphatic rings. The van der Waals surface area contributed by atoms with Crippen LogP contribution in [0, 0.1) is 0 Å². The molecule has 1 aliphatic heterocycles. The van der Waals surface area contributed by atoms with Gasteiger partial charge in [-0.1, -0.05) is 50.2 Å². The molecule has 0 bridgehead atoms. The van der Waals surface area contributed by atoms with E-state index < -0.39 is 5.72 Å². The lowest BCUT2D eigenvalue weighted by atomic mass is 10.0. The minimum absolute atomic E-state index is 0.101. The molecule has 1 unspecified atom stereocenters. The highest BCUT2D eigenvalue weighted by Gasteiger charge is 2.37. The number of aromatic hydroxyl groups is 1. The molecule has 0 aliphatic carbocycles. The van der Waals surface area contributed by atoms with Crippen LogP contribution in [0.15, 0.2) is 53.5 Å². The van der Waals surface area contributed by atoms with Crippen LogP contribution in [0.3, 0.4) is 0 Å². The summed E-state index contributed by atoms with van der Waals surface area (Å²) in [5.41, 5.74) is 2.09. The van der Waals surface area contributed by atoms with Crippen molar-refractivity contribution in [2.75, 3.05) is 7.05 Å². The maximum Gasteiger partial charge on any atom is 0.225 e. The van der Waals surface area contributed by atoms with E-state index in [-0.39, 0.29) is 18.1 Å². The summed E-state index contributed by atoms with van der Waals surface area (Å²) >= 11 is 0. The Labute approximate surface area is 165 Å². The Morgan fingerprint density at radius 3 is 2.61 bits per heavy atom. The summed E-state index contributed by atoms with van der Waals surface area (Å²) in [5.74, 6) is 1.18. The summed E-state index contributed by atoms with van der Waals surface area (Å²) in [4.78, 5) is 22.9. The van der Waals surface area contributed by atoms with Crippen molar-refractivity contribution >= 4 is 11.7 Å². The predicted molar refractivity (Wildman–Crippen MR) is 109 cm³/mol. The molecule has 6 nitrogen and oxygen atoms in total. The highest BCUT2D eigenvalue weighted by Crippen LogP contribution is 2.28. The number of amides is 1. The molecule has 0 saturated carbocycles. The van der Waals surface area contributed by atoms with Crippen LogP contribution in [0.2, 0.25) is 0 Å². The number of phenolic OH excluding ortho intramolecular Hbond substituents is 1. The number of phenols is 1. The van der Waals surface area contributed by atoms with Crippen LogP contribution in [-0.2, 0) is 16.2 Å². The maximum absolute atomic E-state index is 12.4. The first-order valence-electron chi connectivity index (χ1n) is 9.43. The molecule has 3 rings (SSSR count). The molecule has 0 fully saturated rings. The minimum Gasteiger partial charge on any atom is -0.508 e. The second-order valence-electron chi connectivity index (χ2n) is 7.60. The Balaban J connectivity index is 1.65. The van der Waals surface area contributed by atoms with Gasteiger partial charge in [0.15, 0.2) is 11.6 Å². The van der Waals surface area contributed by atoms with E-state index in [0.717, 1.165) is 11.1 Å². The minimum atomic E-state index is -0.955. The van der Waals surface area contributed by atoms with E-state index in [1.54, 1.807) is 37.2 Å². The molecule has 28 heavy (non-hydrogen) atoms. The van der Waals surface area contributed by atoms with Crippen molar-refractivity contribution < 1.29 is 14.7 Å². The number of amidine groups is 1. The average Bonchev–Trinajstić information content (AvgIpc) is 2.94. The van der Waals surface area contributed by atoms with Crippen LogP contribution in [-0.4, -0.2) is 34.7 Å². The van der Waals surface area contributed by atoms with Crippen molar-refractivity contribution in [3.8, 4) is 5.75 Å². The fourth-order valence-electron chi connectivity index (χ4n) is 3.22. The molecule has 1 atom stereocenters. The standard InChI is InChI=1S/C22H27N3O3/c1-15(2)17-8-10-18(11-9-17)21-24-22(3,28-25(21)4)13-20(27)23-14-16-6-5-7-19(26)12-16/h5-12,15,26H,13-14H2,1-4H3,(H,23,27). The zero-order valence-electron chi connectivity index (χ0n) is 16.8. The van der Waals surface area contributed by atoms with Crippen molar-refractivity contribution in [2.45, 2.75) is 45.4 Å². The summed E-state index contributed by atoms with van der Waals surface area (Å²) < 4.78 is 0. The fourth-order valence-corrected chi connectivity index (χ4v) is 3.22. The zero-order valence-corrected chi connectivity index (χ0v) is 16.8. The molecule has 1 heterocycles. The Kier molecular flexibility index (Phi) is 5.70. The molecule has 148 valence electrons. The largest absolute Gasteiger partial charge is 0.508 e. The number of hydrogen-bond acceptors (Lipinski definition) is 5. The number of hydrogen-bond donors (Lipinski definition) is 2. The fraction of sp³-hybridized carbons (Fsp3) is 0.364. The number of carbonyl (C=O) groups excluding carboxylic acids is 1. The van der Waals surface area contributed by atoms with Gasteiger partial charge in [-0.25, -0.2) is 14.9 Å². The molecule has 6 heteroatoms. The molecule has 2 N–H and O–H groups in total. The number of nitrogens with one attached hydrogen (secondary N) is 1. The number of aliphatic imine (C=N–C) groups is 1. The summed E-state index contributed by atoms with van der Waals surface area (Å²) in [6, 6.07) is 15.1. The SMILES string of the molecule is CC(C)c1ccc(C2=NC(C)(CC(=O)NCc3cccc(O)c3)ON2C)cc1. The second-order valence-corrected chi connectivity index (χ2v) is 7.60. The van der Waals surface area contributed by atoms with Gasteiger partial charge in [-0.05, 0) is 36.1 Å². The molecule has 0 aromatic heterocycles. The van der Waals surface area contributed by atoms with Crippen molar-refractivity contribution in [1.29, 1.82) is 0 Å². The Bertz CT molecular complexity index is 877. The van der Waals surface area contributed by atoms with Crippen LogP contribution in [0.4, 0.5) is 0 Å². The van der Waals surface area contributed by atoms with E-state index in [9.17, 15) is 9.90 Å². The molecule has 0 spiro atoms. The van der Waals surface area contributed by atoms with Gasteiger partial charge in [0.2, 0.25) is 5.91 Å².